The monoisotopic (exact) mass is 294 g/mol. The lowest BCUT2D eigenvalue weighted by Gasteiger charge is -1.87. The van der Waals surface area contributed by atoms with E-state index in [4.69, 9.17) is 46.4 Å². The third kappa shape index (κ3) is 4.54. The Kier molecular flexibility index (Phi) is 5.85. The molecule has 2 aromatic heterocycles. The van der Waals surface area contributed by atoms with Crippen molar-refractivity contribution in [2.75, 3.05) is 0 Å². The molecule has 0 radical (unpaired) electrons. The van der Waals surface area contributed by atoms with Gasteiger partial charge in [-0.25, -0.2) is 9.97 Å². The molecular formula is C10H6Cl4N2. The van der Waals surface area contributed by atoms with Crippen molar-refractivity contribution >= 4 is 46.4 Å². The molecule has 2 heterocycles. The molecule has 6 heteroatoms. The molecule has 2 nitrogen and oxygen atoms in total. The van der Waals surface area contributed by atoms with E-state index >= 15 is 0 Å². The van der Waals surface area contributed by atoms with Crippen LogP contribution in [0.3, 0.4) is 0 Å². The maximum Gasteiger partial charge on any atom is 0.147 e. The van der Waals surface area contributed by atoms with Crippen LogP contribution in [0, 0.1) is 0 Å². The van der Waals surface area contributed by atoms with Crippen LogP contribution in [0.4, 0.5) is 0 Å². The van der Waals surface area contributed by atoms with Crippen LogP contribution >= 0.6 is 46.4 Å². The Morgan fingerprint density at radius 3 is 1.25 bits per heavy atom. The summed E-state index contributed by atoms with van der Waals surface area (Å²) in [6, 6.07) is 6.84. The van der Waals surface area contributed by atoms with Crippen molar-refractivity contribution < 1.29 is 0 Å². The van der Waals surface area contributed by atoms with E-state index in [1.54, 1.807) is 36.7 Å². The van der Waals surface area contributed by atoms with Gasteiger partial charge in [-0.05, 0) is 24.3 Å². The Hall–Kier alpha value is -0.540. The summed E-state index contributed by atoms with van der Waals surface area (Å²) in [5.41, 5.74) is 0. The molecule has 0 spiro atoms. The van der Waals surface area contributed by atoms with E-state index in [0.717, 1.165) is 0 Å². The lowest BCUT2D eigenvalue weighted by molar-refractivity contribution is 1.33. The smallest absolute Gasteiger partial charge is 0.147 e. The molecule has 0 aliphatic carbocycles. The van der Waals surface area contributed by atoms with Gasteiger partial charge in [-0.1, -0.05) is 46.4 Å². The Morgan fingerprint density at radius 2 is 1.06 bits per heavy atom. The van der Waals surface area contributed by atoms with Crippen LogP contribution in [-0.2, 0) is 0 Å². The molecular weight excluding hydrogens is 290 g/mol. The number of aromatic nitrogens is 2. The highest BCUT2D eigenvalue weighted by Crippen LogP contribution is 2.16. The minimum atomic E-state index is 0.356. The summed E-state index contributed by atoms with van der Waals surface area (Å²) in [7, 11) is 0. The second-order valence-corrected chi connectivity index (χ2v) is 4.08. The zero-order chi connectivity index (χ0) is 12.0. The van der Waals surface area contributed by atoms with Gasteiger partial charge in [-0.2, -0.15) is 0 Å². The SMILES string of the molecule is Clc1cccnc1Cl.Clc1cccnc1Cl. The van der Waals surface area contributed by atoms with Gasteiger partial charge in [-0.15, -0.1) is 0 Å². The molecule has 2 rings (SSSR count). The Bertz CT molecular complexity index is 377. The molecule has 0 aliphatic rings. The highest BCUT2D eigenvalue weighted by Gasteiger charge is 1.91. The van der Waals surface area contributed by atoms with E-state index in [0.29, 0.717) is 20.4 Å². The van der Waals surface area contributed by atoms with E-state index < -0.39 is 0 Å². The molecule has 0 N–H and O–H groups in total. The fourth-order valence-electron chi connectivity index (χ4n) is 0.733. The first kappa shape index (κ1) is 13.5. The van der Waals surface area contributed by atoms with Crippen molar-refractivity contribution in [1.82, 2.24) is 9.97 Å². The first-order valence-electron chi connectivity index (χ1n) is 4.13. The van der Waals surface area contributed by atoms with Gasteiger partial charge in [0.15, 0.2) is 0 Å². The topological polar surface area (TPSA) is 25.8 Å². The van der Waals surface area contributed by atoms with E-state index in [-0.39, 0.29) is 0 Å². The first-order chi connectivity index (χ1) is 7.61. The number of hydrogen-bond donors (Lipinski definition) is 0. The highest BCUT2D eigenvalue weighted by atomic mass is 35.5. The third-order valence-corrected chi connectivity index (χ3v) is 2.83. The van der Waals surface area contributed by atoms with Crippen molar-refractivity contribution in [3.63, 3.8) is 0 Å². The lowest BCUT2D eigenvalue weighted by atomic mass is 10.5. The second-order valence-electron chi connectivity index (χ2n) is 2.55. The van der Waals surface area contributed by atoms with Crippen LogP contribution in [0.2, 0.25) is 20.4 Å². The Balaban J connectivity index is 0.000000160. The standard InChI is InChI=1S/2C5H3Cl2N/c2*6-4-2-1-3-8-5(4)7/h2*1-3H. The van der Waals surface area contributed by atoms with Crippen molar-refractivity contribution in [2.24, 2.45) is 0 Å². The summed E-state index contributed by atoms with van der Waals surface area (Å²) in [6.45, 7) is 0. The van der Waals surface area contributed by atoms with Gasteiger partial charge in [0.1, 0.15) is 10.3 Å². The molecule has 0 amide bonds. The summed E-state index contributed by atoms with van der Waals surface area (Å²) in [5, 5.41) is 1.70. The summed E-state index contributed by atoms with van der Waals surface area (Å²) in [6.07, 6.45) is 3.18. The highest BCUT2D eigenvalue weighted by molar-refractivity contribution is 6.41. The van der Waals surface area contributed by atoms with Crippen LogP contribution in [0.15, 0.2) is 36.7 Å². The van der Waals surface area contributed by atoms with Crippen LogP contribution in [0.1, 0.15) is 0 Å². The number of pyridine rings is 2. The summed E-state index contributed by atoms with van der Waals surface area (Å²) in [4.78, 5) is 7.42. The minimum absolute atomic E-state index is 0.356. The molecule has 0 saturated heterocycles. The molecule has 0 fully saturated rings. The fourth-order valence-corrected chi connectivity index (χ4v) is 1.21. The maximum atomic E-state index is 5.51. The predicted octanol–water partition coefficient (Wildman–Crippen LogP) is 4.78. The molecule has 0 unspecified atom stereocenters. The van der Waals surface area contributed by atoms with E-state index in [1.165, 1.54) is 0 Å². The molecule has 0 bridgehead atoms. The van der Waals surface area contributed by atoms with Gasteiger partial charge >= 0.3 is 0 Å². The van der Waals surface area contributed by atoms with Crippen molar-refractivity contribution in [1.29, 1.82) is 0 Å². The summed E-state index contributed by atoms with van der Waals surface area (Å²) >= 11 is 22.0. The molecule has 84 valence electrons. The molecule has 2 aromatic rings. The van der Waals surface area contributed by atoms with E-state index in [2.05, 4.69) is 9.97 Å². The average molecular weight is 296 g/mol. The van der Waals surface area contributed by atoms with Crippen LogP contribution in [-0.4, -0.2) is 9.97 Å². The molecule has 0 aliphatic heterocycles. The average Bonchev–Trinajstić information content (AvgIpc) is 2.28. The zero-order valence-corrected chi connectivity index (χ0v) is 10.9. The van der Waals surface area contributed by atoms with Crippen LogP contribution < -0.4 is 0 Å². The van der Waals surface area contributed by atoms with Crippen molar-refractivity contribution in [2.45, 2.75) is 0 Å². The normalized spacial score (nSPS) is 9.25. The Morgan fingerprint density at radius 1 is 0.688 bits per heavy atom. The summed E-state index contributed by atoms with van der Waals surface area (Å²) in [5.74, 6) is 0. The molecule has 0 saturated carbocycles. The second kappa shape index (κ2) is 6.92. The molecule has 0 aromatic carbocycles. The van der Waals surface area contributed by atoms with Gasteiger partial charge in [0.25, 0.3) is 0 Å². The fraction of sp³-hybridized carbons (Fsp3) is 0. The molecule has 0 atom stereocenters. The van der Waals surface area contributed by atoms with E-state index in [1.807, 2.05) is 0 Å². The number of hydrogen-bond acceptors (Lipinski definition) is 2. The van der Waals surface area contributed by atoms with E-state index in [9.17, 15) is 0 Å². The third-order valence-electron chi connectivity index (χ3n) is 1.43. The number of rotatable bonds is 0. The summed E-state index contributed by atoms with van der Waals surface area (Å²) < 4.78 is 0. The molecule has 16 heavy (non-hydrogen) atoms. The number of nitrogens with zero attached hydrogens (tertiary/aromatic N) is 2. The number of halogens is 4. The van der Waals surface area contributed by atoms with Gasteiger partial charge in [-0.3, -0.25) is 0 Å². The van der Waals surface area contributed by atoms with Crippen LogP contribution in [0.5, 0.6) is 0 Å². The van der Waals surface area contributed by atoms with Crippen LogP contribution in [0.25, 0.3) is 0 Å². The maximum absolute atomic E-state index is 5.51. The predicted molar refractivity (Wildman–Crippen MR) is 68.5 cm³/mol. The quantitative estimate of drug-likeness (QED) is 0.654. The van der Waals surface area contributed by atoms with Gasteiger partial charge in [0, 0.05) is 12.4 Å². The van der Waals surface area contributed by atoms with Gasteiger partial charge in [0.2, 0.25) is 0 Å². The lowest BCUT2D eigenvalue weighted by Crippen LogP contribution is -1.70. The van der Waals surface area contributed by atoms with Crippen molar-refractivity contribution in [3.8, 4) is 0 Å². The van der Waals surface area contributed by atoms with Gasteiger partial charge < -0.3 is 0 Å². The Labute approximate surface area is 113 Å². The minimum Gasteiger partial charge on any atom is -0.243 e. The zero-order valence-electron chi connectivity index (χ0n) is 7.87. The largest absolute Gasteiger partial charge is 0.243 e. The van der Waals surface area contributed by atoms with Gasteiger partial charge in [0.05, 0.1) is 10.0 Å². The first-order valence-corrected chi connectivity index (χ1v) is 5.64. The van der Waals surface area contributed by atoms with Crippen molar-refractivity contribution in [3.05, 3.63) is 57.0 Å².